The number of halogens is 1. The van der Waals surface area contributed by atoms with Gasteiger partial charge in [-0.3, -0.25) is 9.59 Å². The van der Waals surface area contributed by atoms with E-state index in [1.54, 1.807) is 43.7 Å². The quantitative estimate of drug-likeness (QED) is 0.472. The van der Waals surface area contributed by atoms with E-state index >= 15 is 0 Å². The van der Waals surface area contributed by atoms with Crippen molar-refractivity contribution < 1.29 is 9.59 Å². The van der Waals surface area contributed by atoms with Gasteiger partial charge in [0.1, 0.15) is 6.04 Å². The minimum absolute atomic E-state index is 0.179. The number of hydrogen-bond acceptors (Lipinski definition) is 3. The molecule has 0 spiro atoms. The largest absolute Gasteiger partial charge is 0.355 e. The highest BCUT2D eigenvalue weighted by atomic mass is 35.5. The Kier molecular flexibility index (Phi) is 6.00. The normalized spacial score (nSPS) is 11.8. The van der Waals surface area contributed by atoms with E-state index in [2.05, 4.69) is 15.6 Å². The van der Waals surface area contributed by atoms with Crippen molar-refractivity contribution >= 4 is 40.1 Å². The van der Waals surface area contributed by atoms with Crippen LogP contribution in [-0.2, 0) is 11.2 Å². The van der Waals surface area contributed by atoms with Crippen LogP contribution >= 0.6 is 11.6 Å². The van der Waals surface area contributed by atoms with Crippen LogP contribution in [0.25, 0.3) is 11.0 Å². The number of carbonyl (C=O) groups is 2. The number of para-hydroxylation sites is 2. The lowest BCUT2D eigenvalue weighted by atomic mass is 10.0. The maximum Gasteiger partial charge on any atom is 0.251 e. The van der Waals surface area contributed by atoms with Crippen molar-refractivity contribution in [3.05, 3.63) is 95.3 Å². The number of benzene rings is 3. The second-order valence-electron chi connectivity index (χ2n) is 7.14. The van der Waals surface area contributed by atoms with Crippen LogP contribution in [0.15, 0.2) is 79.1 Å². The predicted molar refractivity (Wildman–Crippen MR) is 122 cm³/mol. The highest BCUT2D eigenvalue weighted by Gasteiger charge is 2.23. The molecule has 6 nitrogen and oxygen atoms in total. The molecule has 2 N–H and O–H groups in total. The van der Waals surface area contributed by atoms with Gasteiger partial charge >= 0.3 is 0 Å². The Bertz CT molecular complexity index is 1230. The maximum atomic E-state index is 13.3. The fraction of sp³-hybridized carbons (Fsp3) is 0.125. The Balaban J connectivity index is 1.65. The van der Waals surface area contributed by atoms with Crippen LogP contribution < -0.4 is 10.6 Å². The molecule has 4 rings (SSSR count). The van der Waals surface area contributed by atoms with Gasteiger partial charge in [-0.05, 0) is 54.1 Å². The van der Waals surface area contributed by atoms with Crippen molar-refractivity contribution in [1.29, 1.82) is 0 Å². The van der Waals surface area contributed by atoms with Gasteiger partial charge in [0, 0.05) is 29.7 Å². The first kappa shape index (κ1) is 20.6. The number of nitrogens with one attached hydrogen (secondary N) is 2. The molecule has 0 radical (unpaired) electrons. The second-order valence-corrected chi connectivity index (χ2v) is 7.57. The number of carbonyl (C=O) groups excluding carboxylic acids is 2. The number of nitrogens with zero attached hydrogens (tertiary/aromatic N) is 2. The lowest BCUT2D eigenvalue weighted by Crippen LogP contribution is -2.27. The number of anilines is 1. The van der Waals surface area contributed by atoms with Gasteiger partial charge in [-0.25, -0.2) is 4.98 Å². The number of aromatic nitrogens is 2. The van der Waals surface area contributed by atoms with Crippen LogP contribution in [0.1, 0.15) is 22.0 Å². The lowest BCUT2D eigenvalue weighted by Gasteiger charge is -2.20. The Morgan fingerprint density at radius 1 is 1.03 bits per heavy atom. The summed E-state index contributed by atoms with van der Waals surface area (Å²) in [4.78, 5) is 29.5. The van der Waals surface area contributed by atoms with Gasteiger partial charge in [-0.1, -0.05) is 35.9 Å². The molecule has 0 saturated heterocycles. The second kappa shape index (κ2) is 9.02. The van der Waals surface area contributed by atoms with E-state index in [1.165, 1.54) is 0 Å². The van der Waals surface area contributed by atoms with Crippen LogP contribution in [0.3, 0.4) is 0 Å². The summed E-state index contributed by atoms with van der Waals surface area (Å²) < 4.78 is 1.88. The fourth-order valence-corrected chi connectivity index (χ4v) is 3.72. The molecule has 0 aliphatic carbocycles. The molecule has 3 aromatic carbocycles. The molecule has 1 heterocycles. The first-order valence-corrected chi connectivity index (χ1v) is 10.2. The highest BCUT2D eigenvalue weighted by Crippen LogP contribution is 2.24. The van der Waals surface area contributed by atoms with E-state index in [1.807, 2.05) is 47.0 Å². The van der Waals surface area contributed by atoms with E-state index in [-0.39, 0.29) is 11.8 Å². The molecule has 2 amide bonds. The molecule has 0 fully saturated rings. The first-order chi connectivity index (χ1) is 15.0. The Hall–Kier alpha value is -3.64. The predicted octanol–water partition coefficient (Wildman–Crippen LogP) is 4.47. The van der Waals surface area contributed by atoms with Gasteiger partial charge < -0.3 is 15.2 Å². The SMILES string of the molecule is CNC(=O)c1ccc(NC(=O)C(Cc2cccc(Cl)c2)n2cnc3ccccc32)cc1. The molecule has 1 atom stereocenters. The molecule has 1 aromatic heterocycles. The maximum absolute atomic E-state index is 13.3. The number of rotatable bonds is 6. The smallest absolute Gasteiger partial charge is 0.251 e. The van der Waals surface area contributed by atoms with E-state index in [9.17, 15) is 9.59 Å². The van der Waals surface area contributed by atoms with Crippen LogP contribution in [0.2, 0.25) is 5.02 Å². The van der Waals surface area contributed by atoms with E-state index < -0.39 is 6.04 Å². The highest BCUT2D eigenvalue weighted by molar-refractivity contribution is 6.30. The number of imidazole rings is 1. The van der Waals surface area contributed by atoms with Crippen LogP contribution in [0.5, 0.6) is 0 Å². The van der Waals surface area contributed by atoms with Crippen molar-refractivity contribution in [3.8, 4) is 0 Å². The Morgan fingerprint density at radius 3 is 2.55 bits per heavy atom. The molecule has 0 aliphatic heterocycles. The molecule has 156 valence electrons. The van der Waals surface area contributed by atoms with E-state index in [0.29, 0.717) is 22.7 Å². The van der Waals surface area contributed by atoms with Crippen LogP contribution in [-0.4, -0.2) is 28.4 Å². The molecular weight excluding hydrogens is 412 g/mol. The van der Waals surface area contributed by atoms with Gasteiger partial charge in [0.05, 0.1) is 17.4 Å². The number of amides is 2. The Morgan fingerprint density at radius 2 is 1.81 bits per heavy atom. The van der Waals surface area contributed by atoms with Gasteiger partial charge in [0.15, 0.2) is 0 Å². The molecule has 0 saturated carbocycles. The third-order valence-corrected chi connectivity index (χ3v) is 5.31. The van der Waals surface area contributed by atoms with Crippen LogP contribution in [0, 0.1) is 0 Å². The van der Waals surface area contributed by atoms with E-state index in [0.717, 1.165) is 16.6 Å². The number of fused-ring (bicyclic) bond motifs is 1. The standard InChI is InChI=1S/C24H21ClN4O2/c1-26-23(30)17-9-11-19(12-10-17)28-24(31)22(14-16-5-4-6-18(25)13-16)29-15-27-20-7-2-3-8-21(20)29/h2-13,15,22H,14H2,1H3,(H,26,30)(H,28,31). The summed E-state index contributed by atoms with van der Waals surface area (Å²) in [7, 11) is 1.58. The summed E-state index contributed by atoms with van der Waals surface area (Å²) in [5.41, 5.74) is 3.77. The summed E-state index contributed by atoms with van der Waals surface area (Å²) in [6.07, 6.45) is 2.14. The van der Waals surface area contributed by atoms with Gasteiger partial charge in [0.2, 0.25) is 5.91 Å². The third kappa shape index (κ3) is 4.59. The Labute approximate surface area is 184 Å². The molecule has 0 aliphatic rings. The van der Waals surface area contributed by atoms with Crippen molar-refractivity contribution in [3.63, 3.8) is 0 Å². The lowest BCUT2D eigenvalue weighted by molar-refractivity contribution is -0.119. The summed E-state index contributed by atoms with van der Waals surface area (Å²) in [6, 6.07) is 21.4. The molecule has 7 heteroatoms. The van der Waals surface area contributed by atoms with Crippen molar-refractivity contribution in [1.82, 2.24) is 14.9 Å². The molecule has 1 unspecified atom stereocenters. The minimum Gasteiger partial charge on any atom is -0.355 e. The zero-order chi connectivity index (χ0) is 21.8. The van der Waals surface area contributed by atoms with E-state index in [4.69, 9.17) is 11.6 Å². The summed E-state index contributed by atoms with van der Waals surface area (Å²) >= 11 is 6.16. The average Bonchev–Trinajstić information content (AvgIpc) is 3.21. The van der Waals surface area contributed by atoms with Gasteiger partial charge in [-0.2, -0.15) is 0 Å². The first-order valence-electron chi connectivity index (χ1n) is 9.84. The van der Waals surface area contributed by atoms with Gasteiger partial charge in [-0.15, -0.1) is 0 Å². The topological polar surface area (TPSA) is 76.0 Å². The third-order valence-electron chi connectivity index (χ3n) is 5.08. The van der Waals surface area contributed by atoms with Crippen LogP contribution in [0.4, 0.5) is 5.69 Å². The van der Waals surface area contributed by atoms with Crippen molar-refractivity contribution in [2.24, 2.45) is 0 Å². The molecule has 0 bridgehead atoms. The summed E-state index contributed by atoms with van der Waals surface area (Å²) in [5.74, 6) is -0.364. The zero-order valence-corrected chi connectivity index (χ0v) is 17.6. The average molecular weight is 433 g/mol. The molecule has 31 heavy (non-hydrogen) atoms. The summed E-state index contributed by atoms with van der Waals surface area (Å²) in [6.45, 7) is 0. The van der Waals surface area contributed by atoms with Gasteiger partial charge in [0.25, 0.3) is 5.91 Å². The van der Waals surface area contributed by atoms with Crippen molar-refractivity contribution in [2.75, 3.05) is 12.4 Å². The van der Waals surface area contributed by atoms with Crippen molar-refractivity contribution in [2.45, 2.75) is 12.5 Å². The number of hydrogen-bond donors (Lipinski definition) is 2. The molecular formula is C24H21ClN4O2. The zero-order valence-electron chi connectivity index (χ0n) is 16.9. The minimum atomic E-state index is -0.538. The fourth-order valence-electron chi connectivity index (χ4n) is 3.51. The monoisotopic (exact) mass is 432 g/mol. The summed E-state index contributed by atoms with van der Waals surface area (Å²) in [5, 5.41) is 6.16. The molecule has 4 aromatic rings.